The fourth-order valence-corrected chi connectivity index (χ4v) is 4.39. The Morgan fingerprint density at radius 3 is 2.58 bits per heavy atom. The average Bonchev–Trinajstić information content (AvgIpc) is 2.94. The number of carbonyl (C=O) groups excluding carboxylic acids is 1. The third-order valence-corrected chi connectivity index (χ3v) is 6.46. The number of nitriles is 1. The summed E-state index contributed by atoms with van der Waals surface area (Å²) in [4.78, 5) is 28.7. The first kappa shape index (κ1) is 27.0. The van der Waals surface area contributed by atoms with Crippen molar-refractivity contribution >= 4 is 23.4 Å². The zero-order valence-corrected chi connectivity index (χ0v) is 22.2. The van der Waals surface area contributed by atoms with Gasteiger partial charge in [0.25, 0.3) is 5.91 Å². The number of amides is 1. The van der Waals surface area contributed by atoms with Crippen LogP contribution in [0.2, 0.25) is 0 Å². The van der Waals surface area contributed by atoms with Crippen molar-refractivity contribution in [2.45, 2.75) is 39.2 Å². The van der Waals surface area contributed by atoms with Crippen LogP contribution in [0.3, 0.4) is 0 Å². The molecule has 10 heteroatoms. The maximum atomic E-state index is 13.1. The van der Waals surface area contributed by atoms with Gasteiger partial charge in [-0.3, -0.25) is 9.78 Å². The third kappa shape index (κ3) is 5.90. The van der Waals surface area contributed by atoms with E-state index in [0.29, 0.717) is 54.8 Å². The number of benzene rings is 1. The molecule has 0 saturated carbocycles. The molecule has 4 rings (SSSR count). The molecule has 1 amide bonds. The minimum Gasteiger partial charge on any atom is -0.394 e. The van der Waals surface area contributed by atoms with E-state index in [9.17, 15) is 15.2 Å². The van der Waals surface area contributed by atoms with Gasteiger partial charge in [0, 0.05) is 60.0 Å². The lowest BCUT2D eigenvalue weighted by molar-refractivity contribution is 0.102. The minimum absolute atomic E-state index is 0.0806. The normalized spacial score (nSPS) is 14.5. The number of aryl methyl sites for hydroxylation is 1. The number of pyridine rings is 1. The van der Waals surface area contributed by atoms with Crippen LogP contribution in [-0.2, 0) is 10.2 Å². The molecule has 0 aliphatic carbocycles. The van der Waals surface area contributed by atoms with Gasteiger partial charge in [-0.15, -0.1) is 0 Å². The number of hydrogen-bond acceptors (Lipinski definition) is 9. The Kier molecular flexibility index (Phi) is 8.20. The molecule has 0 radical (unpaired) electrons. The number of morpholine rings is 1. The molecule has 0 unspecified atom stereocenters. The molecule has 1 saturated heterocycles. The van der Waals surface area contributed by atoms with E-state index in [1.165, 1.54) is 0 Å². The van der Waals surface area contributed by atoms with Crippen LogP contribution in [0.15, 0.2) is 42.7 Å². The highest BCUT2D eigenvalue weighted by atomic mass is 16.5. The van der Waals surface area contributed by atoms with Gasteiger partial charge in [-0.1, -0.05) is 6.07 Å². The van der Waals surface area contributed by atoms with E-state index in [-0.39, 0.29) is 18.6 Å². The fourth-order valence-electron chi connectivity index (χ4n) is 4.39. The number of aromatic nitrogens is 3. The first-order valence-electron chi connectivity index (χ1n) is 12.6. The number of ether oxygens (including phenoxy) is 1. The minimum atomic E-state index is -0.960. The zero-order valence-electron chi connectivity index (χ0n) is 22.2. The SMILES string of the molecule is Cc1ccc(NC(=O)c2ccncc2)c(C(C)(C)C#N)c1-c1cc(N2CCOCC2)nc(N[C@@H](C)CO)n1. The molecule has 1 fully saturated rings. The van der Waals surface area contributed by atoms with E-state index in [2.05, 4.69) is 26.6 Å². The van der Waals surface area contributed by atoms with Crippen molar-refractivity contribution in [3.8, 4) is 17.3 Å². The van der Waals surface area contributed by atoms with Crippen LogP contribution in [-0.4, -0.2) is 64.9 Å². The largest absolute Gasteiger partial charge is 0.394 e. The predicted octanol–water partition coefficient (Wildman–Crippen LogP) is 3.53. The lowest BCUT2D eigenvalue weighted by atomic mass is 9.79. The molecule has 3 aromatic rings. The summed E-state index contributed by atoms with van der Waals surface area (Å²) in [6.45, 7) is 9.92. The summed E-state index contributed by atoms with van der Waals surface area (Å²) in [7, 11) is 0. The van der Waals surface area contributed by atoms with Crippen LogP contribution in [0.1, 0.15) is 42.3 Å². The van der Waals surface area contributed by atoms with Gasteiger partial charge in [0.2, 0.25) is 5.95 Å². The molecule has 10 nitrogen and oxygen atoms in total. The van der Waals surface area contributed by atoms with Gasteiger partial charge >= 0.3 is 0 Å². The van der Waals surface area contributed by atoms with E-state index >= 15 is 0 Å². The molecule has 3 heterocycles. The van der Waals surface area contributed by atoms with Gasteiger partial charge in [-0.25, -0.2) is 4.98 Å². The zero-order chi connectivity index (χ0) is 27.3. The highest BCUT2D eigenvalue weighted by Gasteiger charge is 2.30. The molecular formula is C28H33N7O3. The van der Waals surface area contributed by atoms with Crippen molar-refractivity contribution in [2.24, 2.45) is 0 Å². The Morgan fingerprint density at radius 2 is 1.92 bits per heavy atom. The summed E-state index contributed by atoms with van der Waals surface area (Å²) in [6, 6.07) is 11.1. The van der Waals surface area contributed by atoms with Gasteiger partial charge in [-0.2, -0.15) is 10.2 Å². The first-order chi connectivity index (χ1) is 18.2. The van der Waals surface area contributed by atoms with E-state index in [4.69, 9.17) is 14.7 Å². The molecule has 2 aromatic heterocycles. The monoisotopic (exact) mass is 515 g/mol. The van der Waals surface area contributed by atoms with Crippen LogP contribution in [0, 0.1) is 18.3 Å². The Labute approximate surface area is 222 Å². The smallest absolute Gasteiger partial charge is 0.255 e. The fraction of sp³-hybridized carbons (Fsp3) is 0.393. The number of aliphatic hydroxyl groups is 1. The standard InChI is InChI=1S/C28H33N7O3/c1-18-5-6-21(32-26(37)20-7-9-30-10-8-20)25(28(3,4)17-29)24(18)22-15-23(35-11-13-38-14-12-35)34-27(33-22)31-19(2)16-36/h5-10,15,19,36H,11-14,16H2,1-4H3,(H,32,37)(H,31,33,34)/t19-/m0/s1. The van der Waals surface area contributed by atoms with E-state index in [1.54, 1.807) is 24.5 Å². The van der Waals surface area contributed by atoms with Crippen LogP contribution in [0.25, 0.3) is 11.3 Å². The molecule has 1 aromatic carbocycles. The van der Waals surface area contributed by atoms with Crippen molar-refractivity contribution in [3.63, 3.8) is 0 Å². The lowest BCUT2D eigenvalue weighted by Gasteiger charge is -2.29. The van der Waals surface area contributed by atoms with E-state index in [0.717, 1.165) is 16.9 Å². The number of aliphatic hydroxyl groups excluding tert-OH is 1. The second-order valence-electron chi connectivity index (χ2n) is 9.87. The van der Waals surface area contributed by atoms with Gasteiger partial charge < -0.3 is 25.4 Å². The highest BCUT2D eigenvalue weighted by Crippen LogP contribution is 2.41. The Morgan fingerprint density at radius 1 is 1.21 bits per heavy atom. The van der Waals surface area contributed by atoms with Crippen molar-refractivity contribution in [1.82, 2.24) is 15.0 Å². The van der Waals surface area contributed by atoms with E-state index < -0.39 is 5.41 Å². The van der Waals surface area contributed by atoms with Gasteiger partial charge in [-0.05, 0) is 51.5 Å². The summed E-state index contributed by atoms with van der Waals surface area (Å²) >= 11 is 0. The Bertz CT molecular complexity index is 1330. The topological polar surface area (TPSA) is 136 Å². The van der Waals surface area contributed by atoms with Crippen LogP contribution in [0.5, 0.6) is 0 Å². The molecule has 198 valence electrons. The predicted molar refractivity (Wildman–Crippen MR) is 146 cm³/mol. The maximum Gasteiger partial charge on any atom is 0.255 e. The second kappa shape index (κ2) is 11.5. The van der Waals surface area contributed by atoms with Crippen molar-refractivity contribution in [2.75, 3.05) is 48.4 Å². The molecule has 1 atom stereocenters. The van der Waals surface area contributed by atoms with Crippen molar-refractivity contribution in [1.29, 1.82) is 5.26 Å². The van der Waals surface area contributed by atoms with Gasteiger partial charge in [0.05, 0.1) is 37.0 Å². The molecule has 1 aliphatic heterocycles. The Balaban J connectivity index is 1.89. The number of rotatable bonds is 8. The van der Waals surface area contributed by atoms with Gasteiger partial charge in [0.15, 0.2) is 0 Å². The number of anilines is 3. The number of hydrogen-bond donors (Lipinski definition) is 3. The first-order valence-corrected chi connectivity index (χ1v) is 12.6. The number of carbonyl (C=O) groups is 1. The summed E-state index contributed by atoms with van der Waals surface area (Å²) in [5.41, 5.74) is 2.96. The lowest BCUT2D eigenvalue weighted by Crippen LogP contribution is -2.37. The van der Waals surface area contributed by atoms with E-state index in [1.807, 2.05) is 45.9 Å². The molecular weight excluding hydrogens is 482 g/mol. The summed E-state index contributed by atoms with van der Waals surface area (Å²) < 4.78 is 5.52. The second-order valence-corrected chi connectivity index (χ2v) is 9.87. The van der Waals surface area contributed by atoms with Crippen molar-refractivity contribution < 1.29 is 14.6 Å². The quantitative estimate of drug-likeness (QED) is 0.411. The van der Waals surface area contributed by atoms with Crippen LogP contribution in [0.4, 0.5) is 17.5 Å². The summed E-state index contributed by atoms with van der Waals surface area (Å²) in [5.74, 6) is 0.794. The van der Waals surface area contributed by atoms with Crippen molar-refractivity contribution in [3.05, 3.63) is 59.4 Å². The summed E-state index contributed by atoms with van der Waals surface area (Å²) in [5, 5.41) is 26.0. The van der Waals surface area contributed by atoms with Crippen LogP contribution >= 0.6 is 0 Å². The molecule has 1 aliphatic rings. The average molecular weight is 516 g/mol. The Hall–Kier alpha value is -4.07. The molecule has 0 spiro atoms. The van der Waals surface area contributed by atoms with Gasteiger partial charge in [0.1, 0.15) is 5.82 Å². The maximum absolute atomic E-state index is 13.1. The molecule has 3 N–H and O–H groups in total. The molecule has 0 bridgehead atoms. The molecule has 38 heavy (non-hydrogen) atoms. The number of nitrogens with zero attached hydrogens (tertiary/aromatic N) is 5. The highest BCUT2D eigenvalue weighted by molar-refractivity contribution is 6.05. The summed E-state index contributed by atoms with van der Waals surface area (Å²) in [6.07, 6.45) is 3.12. The number of nitrogens with one attached hydrogen (secondary N) is 2. The van der Waals surface area contributed by atoms with Crippen LogP contribution < -0.4 is 15.5 Å². The third-order valence-electron chi connectivity index (χ3n) is 6.46.